The number of anilines is 1. The molecule has 94 valence electrons. The number of hydrogen-bond acceptors (Lipinski definition) is 3. The van der Waals surface area contributed by atoms with Gasteiger partial charge in [-0.3, -0.25) is 4.79 Å². The first-order chi connectivity index (χ1) is 8.58. The van der Waals surface area contributed by atoms with E-state index < -0.39 is 0 Å². The quantitative estimate of drug-likeness (QED) is 0.788. The van der Waals surface area contributed by atoms with Crippen LogP contribution in [0.5, 0.6) is 0 Å². The minimum Gasteiger partial charge on any atom is -0.367 e. The van der Waals surface area contributed by atoms with Gasteiger partial charge in [0.15, 0.2) is 5.78 Å². The number of thiophene rings is 1. The van der Waals surface area contributed by atoms with Crippen LogP contribution in [-0.2, 0) is 0 Å². The Bertz CT molecular complexity index is 564. The van der Waals surface area contributed by atoms with Crippen LogP contribution in [0.1, 0.15) is 15.2 Å². The fourth-order valence-corrected chi connectivity index (χ4v) is 3.26. The second kappa shape index (κ2) is 5.67. The summed E-state index contributed by atoms with van der Waals surface area (Å²) in [7, 11) is 1.94. The Balaban J connectivity index is 2.10. The van der Waals surface area contributed by atoms with E-state index in [1.807, 2.05) is 35.5 Å². The van der Waals surface area contributed by atoms with E-state index in [9.17, 15) is 4.79 Å². The zero-order chi connectivity index (χ0) is 13.1. The van der Waals surface area contributed by atoms with Crippen molar-refractivity contribution in [1.29, 1.82) is 0 Å². The molecule has 0 aliphatic heterocycles. The van der Waals surface area contributed by atoms with Crippen LogP contribution in [0.25, 0.3) is 0 Å². The molecule has 4 heteroatoms. The molecule has 2 rings (SSSR count). The van der Waals surface area contributed by atoms with Crippen LogP contribution in [-0.4, -0.2) is 19.4 Å². The van der Waals surface area contributed by atoms with Crippen molar-refractivity contribution >= 4 is 38.7 Å². The van der Waals surface area contributed by atoms with Crippen LogP contribution in [0.4, 0.5) is 5.69 Å². The van der Waals surface area contributed by atoms with Crippen molar-refractivity contribution in [3.63, 3.8) is 0 Å². The van der Waals surface area contributed by atoms with Gasteiger partial charge in [-0.25, -0.2) is 0 Å². The molecule has 0 spiro atoms. The van der Waals surface area contributed by atoms with Crippen molar-refractivity contribution in [2.75, 3.05) is 18.5 Å². The minimum atomic E-state index is 0.140. The third-order valence-corrected chi connectivity index (χ3v) is 4.57. The van der Waals surface area contributed by atoms with Crippen molar-refractivity contribution in [3.8, 4) is 0 Å². The summed E-state index contributed by atoms with van der Waals surface area (Å²) in [6.45, 7) is 2.44. The molecule has 0 atom stereocenters. The number of carbonyl (C=O) groups excluding carboxylic acids is 1. The molecule has 2 nitrogen and oxygen atoms in total. The fourth-order valence-electron chi connectivity index (χ4n) is 1.74. The predicted molar refractivity (Wildman–Crippen MR) is 80.8 cm³/mol. The van der Waals surface area contributed by atoms with Gasteiger partial charge >= 0.3 is 0 Å². The van der Waals surface area contributed by atoms with Crippen molar-refractivity contribution in [1.82, 2.24) is 0 Å². The molecule has 0 aliphatic carbocycles. The van der Waals surface area contributed by atoms with E-state index in [-0.39, 0.29) is 5.78 Å². The fraction of sp³-hybridized carbons (Fsp3) is 0.214. The second-order valence-corrected chi connectivity index (χ2v) is 5.99. The molecular weight excluding hydrogens is 310 g/mol. The van der Waals surface area contributed by atoms with E-state index in [2.05, 4.69) is 35.0 Å². The summed E-state index contributed by atoms with van der Waals surface area (Å²) in [6.07, 6.45) is 0. The first kappa shape index (κ1) is 13.3. The van der Waals surface area contributed by atoms with Crippen molar-refractivity contribution in [2.45, 2.75) is 6.92 Å². The van der Waals surface area contributed by atoms with Crippen LogP contribution in [0.2, 0.25) is 0 Å². The summed E-state index contributed by atoms with van der Waals surface area (Å²) in [6, 6.07) is 10.1. The van der Waals surface area contributed by atoms with Crippen LogP contribution in [0.15, 0.2) is 40.2 Å². The third kappa shape index (κ3) is 3.00. The molecule has 0 saturated heterocycles. The standard InChI is InChI=1S/C14H14BrNOS/c1-10-4-3-5-11(8-10)16(2)9-13(17)14-12(15)6-7-18-14/h3-8H,9H2,1-2H3. The van der Waals surface area contributed by atoms with Crippen molar-refractivity contribution < 1.29 is 4.79 Å². The van der Waals surface area contributed by atoms with Gasteiger partial charge in [0.2, 0.25) is 0 Å². The maximum Gasteiger partial charge on any atom is 0.193 e. The van der Waals surface area contributed by atoms with Gasteiger partial charge in [0, 0.05) is 17.2 Å². The number of rotatable bonds is 4. The Hall–Kier alpha value is -1.13. The van der Waals surface area contributed by atoms with Gasteiger partial charge in [-0.1, -0.05) is 12.1 Å². The summed E-state index contributed by atoms with van der Waals surface area (Å²) >= 11 is 4.87. The van der Waals surface area contributed by atoms with E-state index >= 15 is 0 Å². The Morgan fingerprint density at radius 1 is 1.39 bits per heavy atom. The summed E-state index contributed by atoms with van der Waals surface area (Å²) in [5.74, 6) is 0.140. The highest BCUT2D eigenvalue weighted by atomic mass is 79.9. The molecule has 0 unspecified atom stereocenters. The van der Waals surface area contributed by atoms with Crippen LogP contribution in [0, 0.1) is 6.92 Å². The number of carbonyl (C=O) groups is 1. The average Bonchev–Trinajstić information content (AvgIpc) is 2.75. The molecule has 1 aromatic heterocycles. The third-order valence-electron chi connectivity index (χ3n) is 2.69. The molecule has 0 saturated carbocycles. The maximum atomic E-state index is 12.1. The molecule has 0 radical (unpaired) electrons. The zero-order valence-electron chi connectivity index (χ0n) is 10.3. The van der Waals surface area contributed by atoms with Crippen LogP contribution >= 0.6 is 27.3 Å². The molecule has 0 amide bonds. The van der Waals surface area contributed by atoms with Crippen LogP contribution < -0.4 is 4.90 Å². The van der Waals surface area contributed by atoms with Gasteiger partial charge in [0.25, 0.3) is 0 Å². The Kier molecular flexibility index (Phi) is 4.19. The summed E-state index contributed by atoms with van der Waals surface area (Å²) in [5.41, 5.74) is 2.26. The summed E-state index contributed by atoms with van der Waals surface area (Å²) in [4.78, 5) is 14.9. The lowest BCUT2D eigenvalue weighted by Gasteiger charge is -2.18. The van der Waals surface area contributed by atoms with Crippen molar-refractivity contribution in [3.05, 3.63) is 50.6 Å². The Morgan fingerprint density at radius 3 is 2.78 bits per heavy atom. The normalized spacial score (nSPS) is 10.4. The highest BCUT2D eigenvalue weighted by molar-refractivity contribution is 9.10. The highest BCUT2D eigenvalue weighted by Gasteiger charge is 2.14. The number of ketones is 1. The number of aryl methyl sites for hydroxylation is 1. The number of likely N-dealkylation sites (N-methyl/N-ethyl adjacent to an activating group) is 1. The number of Topliss-reactive ketones (excluding diaryl/α,β-unsaturated/α-hetero) is 1. The maximum absolute atomic E-state index is 12.1. The Labute approximate surface area is 119 Å². The topological polar surface area (TPSA) is 20.3 Å². The van der Waals surface area contributed by atoms with Gasteiger partial charge in [0.05, 0.1) is 11.4 Å². The molecule has 1 heterocycles. The molecule has 0 N–H and O–H groups in total. The number of halogens is 1. The average molecular weight is 324 g/mol. The summed E-state index contributed by atoms with van der Waals surface area (Å²) < 4.78 is 0.884. The van der Waals surface area contributed by atoms with Gasteiger partial charge in [-0.15, -0.1) is 11.3 Å². The largest absolute Gasteiger partial charge is 0.367 e. The van der Waals surface area contributed by atoms with Gasteiger partial charge in [-0.05, 0) is 52.0 Å². The first-order valence-electron chi connectivity index (χ1n) is 5.62. The molecule has 2 aromatic rings. The van der Waals surface area contributed by atoms with Gasteiger partial charge in [-0.2, -0.15) is 0 Å². The predicted octanol–water partition coefficient (Wildman–Crippen LogP) is 4.14. The van der Waals surface area contributed by atoms with Gasteiger partial charge < -0.3 is 4.90 Å². The zero-order valence-corrected chi connectivity index (χ0v) is 12.7. The van der Waals surface area contributed by atoms with Crippen molar-refractivity contribution in [2.24, 2.45) is 0 Å². The first-order valence-corrected chi connectivity index (χ1v) is 7.29. The molecule has 18 heavy (non-hydrogen) atoms. The SMILES string of the molecule is Cc1cccc(N(C)CC(=O)c2sccc2Br)c1. The lowest BCUT2D eigenvalue weighted by molar-refractivity contribution is 0.100. The lowest BCUT2D eigenvalue weighted by atomic mass is 10.2. The Morgan fingerprint density at radius 2 is 2.17 bits per heavy atom. The summed E-state index contributed by atoms with van der Waals surface area (Å²) in [5, 5.41) is 1.92. The minimum absolute atomic E-state index is 0.140. The van der Waals surface area contributed by atoms with Crippen LogP contribution in [0.3, 0.4) is 0 Å². The molecular formula is C14H14BrNOS. The lowest BCUT2D eigenvalue weighted by Crippen LogP contribution is -2.25. The van der Waals surface area contributed by atoms with E-state index in [1.54, 1.807) is 0 Å². The number of benzene rings is 1. The number of hydrogen-bond donors (Lipinski definition) is 0. The molecule has 0 bridgehead atoms. The van der Waals surface area contributed by atoms with E-state index in [1.165, 1.54) is 16.9 Å². The highest BCUT2D eigenvalue weighted by Crippen LogP contribution is 2.24. The number of nitrogens with zero attached hydrogens (tertiary/aromatic N) is 1. The van der Waals surface area contributed by atoms with Gasteiger partial charge in [0.1, 0.15) is 0 Å². The molecule has 1 aromatic carbocycles. The smallest absolute Gasteiger partial charge is 0.193 e. The second-order valence-electron chi connectivity index (χ2n) is 4.22. The van der Waals surface area contributed by atoms with E-state index in [0.29, 0.717) is 6.54 Å². The monoisotopic (exact) mass is 323 g/mol. The molecule has 0 aliphatic rings. The van der Waals surface area contributed by atoms with E-state index in [0.717, 1.165) is 15.0 Å². The van der Waals surface area contributed by atoms with E-state index in [4.69, 9.17) is 0 Å². The molecule has 0 fully saturated rings.